The van der Waals surface area contributed by atoms with Crippen LogP contribution in [-0.2, 0) is 9.53 Å². The van der Waals surface area contributed by atoms with Crippen LogP contribution in [0.4, 0.5) is 4.39 Å². The standard InChI is InChI=1S/C22H27FN2O3/c1-16-4-3-5-17(2)22(16)28-15-21(26)24-14-20(25-10-12-27-13-11-25)18-6-8-19(23)9-7-18/h3-9,20H,10-15H2,1-2H3,(H,24,26). The molecular formula is C22H27FN2O3. The van der Waals surface area contributed by atoms with Gasteiger partial charge in [0, 0.05) is 19.6 Å². The van der Waals surface area contributed by atoms with Crippen LogP contribution in [-0.4, -0.2) is 50.3 Å². The number of para-hydroxylation sites is 1. The number of morpholine rings is 1. The van der Waals surface area contributed by atoms with Crippen molar-refractivity contribution in [2.75, 3.05) is 39.5 Å². The van der Waals surface area contributed by atoms with Crippen LogP contribution in [0.3, 0.4) is 0 Å². The number of nitrogens with zero attached hydrogens (tertiary/aromatic N) is 1. The largest absolute Gasteiger partial charge is 0.483 e. The number of hydrogen-bond donors (Lipinski definition) is 1. The number of nitrogens with one attached hydrogen (secondary N) is 1. The number of amides is 1. The molecule has 0 saturated carbocycles. The van der Waals surface area contributed by atoms with E-state index >= 15 is 0 Å². The fraction of sp³-hybridized carbons (Fsp3) is 0.409. The van der Waals surface area contributed by atoms with Crippen molar-refractivity contribution in [2.45, 2.75) is 19.9 Å². The van der Waals surface area contributed by atoms with Crippen LogP contribution >= 0.6 is 0 Å². The molecule has 5 nitrogen and oxygen atoms in total. The Bertz CT molecular complexity index is 769. The molecule has 1 amide bonds. The monoisotopic (exact) mass is 386 g/mol. The lowest BCUT2D eigenvalue weighted by molar-refractivity contribution is -0.123. The van der Waals surface area contributed by atoms with E-state index in [-0.39, 0.29) is 24.4 Å². The van der Waals surface area contributed by atoms with Crippen molar-refractivity contribution in [1.82, 2.24) is 10.2 Å². The Morgan fingerprint density at radius 3 is 2.43 bits per heavy atom. The van der Waals surface area contributed by atoms with Crippen LogP contribution in [0, 0.1) is 19.7 Å². The molecule has 0 spiro atoms. The van der Waals surface area contributed by atoms with Gasteiger partial charge in [-0.1, -0.05) is 30.3 Å². The van der Waals surface area contributed by atoms with E-state index in [0.717, 1.165) is 35.5 Å². The fourth-order valence-electron chi connectivity index (χ4n) is 3.46. The molecule has 2 aromatic carbocycles. The van der Waals surface area contributed by atoms with E-state index in [1.165, 1.54) is 12.1 Å². The van der Waals surface area contributed by atoms with E-state index in [4.69, 9.17) is 9.47 Å². The summed E-state index contributed by atoms with van der Waals surface area (Å²) in [6.45, 7) is 7.17. The summed E-state index contributed by atoms with van der Waals surface area (Å²) < 4.78 is 24.5. The molecule has 1 unspecified atom stereocenters. The molecule has 1 atom stereocenters. The van der Waals surface area contributed by atoms with E-state index in [0.29, 0.717) is 19.8 Å². The van der Waals surface area contributed by atoms with Crippen molar-refractivity contribution < 1.29 is 18.7 Å². The highest BCUT2D eigenvalue weighted by Crippen LogP contribution is 2.23. The van der Waals surface area contributed by atoms with Crippen molar-refractivity contribution in [3.8, 4) is 5.75 Å². The molecule has 150 valence electrons. The van der Waals surface area contributed by atoms with Crippen molar-refractivity contribution in [2.24, 2.45) is 0 Å². The summed E-state index contributed by atoms with van der Waals surface area (Å²) in [5, 5.41) is 2.96. The first-order valence-electron chi connectivity index (χ1n) is 9.57. The summed E-state index contributed by atoms with van der Waals surface area (Å²) in [7, 11) is 0. The van der Waals surface area contributed by atoms with Gasteiger partial charge in [-0.2, -0.15) is 0 Å². The normalized spacial score (nSPS) is 15.8. The maximum Gasteiger partial charge on any atom is 0.258 e. The molecular weight excluding hydrogens is 359 g/mol. The van der Waals surface area contributed by atoms with Crippen molar-refractivity contribution >= 4 is 5.91 Å². The van der Waals surface area contributed by atoms with Gasteiger partial charge in [0.25, 0.3) is 5.91 Å². The third-order valence-electron chi connectivity index (χ3n) is 4.99. The molecule has 1 heterocycles. The number of carbonyl (C=O) groups is 1. The lowest BCUT2D eigenvalue weighted by atomic mass is 10.0. The average molecular weight is 386 g/mol. The smallest absolute Gasteiger partial charge is 0.258 e. The van der Waals surface area contributed by atoms with Crippen LogP contribution < -0.4 is 10.1 Å². The number of ether oxygens (including phenoxy) is 2. The van der Waals surface area contributed by atoms with Gasteiger partial charge in [0.15, 0.2) is 6.61 Å². The highest BCUT2D eigenvalue weighted by Gasteiger charge is 2.23. The van der Waals surface area contributed by atoms with Gasteiger partial charge in [0.05, 0.1) is 19.3 Å². The molecule has 6 heteroatoms. The molecule has 1 N–H and O–H groups in total. The first kappa shape index (κ1) is 20.3. The Kier molecular flexibility index (Phi) is 7.01. The Hall–Kier alpha value is -2.44. The summed E-state index contributed by atoms with van der Waals surface area (Å²) in [5.74, 6) is 0.305. The lowest BCUT2D eigenvalue weighted by Gasteiger charge is -2.35. The number of carbonyl (C=O) groups excluding carboxylic acids is 1. The van der Waals surface area contributed by atoms with Crippen LogP contribution in [0.15, 0.2) is 42.5 Å². The second kappa shape index (κ2) is 9.66. The molecule has 0 aliphatic carbocycles. The summed E-state index contributed by atoms with van der Waals surface area (Å²) in [6.07, 6.45) is 0. The Balaban J connectivity index is 1.60. The van der Waals surface area contributed by atoms with Gasteiger partial charge in [-0.05, 0) is 42.7 Å². The highest BCUT2D eigenvalue weighted by molar-refractivity contribution is 5.77. The third kappa shape index (κ3) is 5.30. The van der Waals surface area contributed by atoms with Gasteiger partial charge in [-0.3, -0.25) is 9.69 Å². The zero-order valence-corrected chi connectivity index (χ0v) is 16.4. The molecule has 0 radical (unpaired) electrons. The van der Waals surface area contributed by atoms with E-state index in [1.807, 2.05) is 32.0 Å². The van der Waals surface area contributed by atoms with Crippen LogP contribution in [0.1, 0.15) is 22.7 Å². The minimum absolute atomic E-state index is 0.0337. The van der Waals surface area contributed by atoms with Gasteiger partial charge >= 0.3 is 0 Å². The summed E-state index contributed by atoms with van der Waals surface area (Å²) in [5.41, 5.74) is 2.98. The lowest BCUT2D eigenvalue weighted by Crippen LogP contribution is -2.44. The fourth-order valence-corrected chi connectivity index (χ4v) is 3.46. The Morgan fingerprint density at radius 2 is 1.79 bits per heavy atom. The zero-order chi connectivity index (χ0) is 19.9. The minimum atomic E-state index is -0.268. The van der Waals surface area contributed by atoms with Crippen LogP contribution in [0.25, 0.3) is 0 Å². The molecule has 1 fully saturated rings. The minimum Gasteiger partial charge on any atom is -0.483 e. The second-order valence-electron chi connectivity index (χ2n) is 7.03. The van der Waals surface area contributed by atoms with Gasteiger partial charge < -0.3 is 14.8 Å². The van der Waals surface area contributed by atoms with Gasteiger partial charge in [0.1, 0.15) is 11.6 Å². The predicted molar refractivity (Wildman–Crippen MR) is 106 cm³/mol. The van der Waals surface area contributed by atoms with Crippen LogP contribution in [0.5, 0.6) is 5.75 Å². The highest BCUT2D eigenvalue weighted by atomic mass is 19.1. The predicted octanol–water partition coefficient (Wildman–Crippen LogP) is 3.01. The maximum absolute atomic E-state index is 13.3. The molecule has 0 bridgehead atoms. The zero-order valence-electron chi connectivity index (χ0n) is 16.4. The summed E-state index contributed by atoms with van der Waals surface area (Å²) >= 11 is 0. The van der Waals surface area contributed by atoms with Crippen molar-refractivity contribution in [1.29, 1.82) is 0 Å². The van der Waals surface area contributed by atoms with Gasteiger partial charge in [-0.15, -0.1) is 0 Å². The van der Waals surface area contributed by atoms with Crippen molar-refractivity contribution in [3.63, 3.8) is 0 Å². The number of halogens is 1. The van der Waals surface area contributed by atoms with Crippen molar-refractivity contribution in [3.05, 3.63) is 65.0 Å². The number of benzene rings is 2. The van der Waals surface area contributed by atoms with Gasteiger partial charge in [0.2, 0.25) is 0 Å². The van der Waals surface area contributed by atoms with E-state index in [9.17, 15) is 9.18 Å². The summed E-state index contributed by atoms with van der Waals surface area (Å²) in [6, 6.07) is 12.3. The quantitative estimate of drug-likeness (QED) is 0.795. The molecule has 28 heavy (non-hydrogen) atoms. The molecule has 0 aromatic heterocycles. The third-order valence-corrected chi connectivity index (χ3v) is 4.99. The Labute approximate surface area is 165 Å². The molecule has 3 rings (SSSR count). The van der Waals surface area contributed by atoms with E-state index < -0.39 is 0 Å². The van der Waals surface area contributed by atoms with E-state index in [2.05, 4.69) is 10.2 Å². The number of hydrogen-bond acceptors (Lipinski definition) is 4. The SMILES string of the molecule is Cc1cccc(C)c1OCC(=O)NCC(c1ccc(F)cc1)N1CCOCC1. The first-order chi connectivity index (χ1) is 13.5. The molecule has 2 aromatic rings. The number of rotatable bonds is 7. The molecule has 1 aliphatic rings. The van der Waals surface area contributed by atoms with Gasteiger partial charge in [-0.25, -0.2) is 4.39 Å². The maximum atomic E-state index is 13.3. The Morgan fingerprint density at radius 1 is 1.14 bits per heavy atom. The number of aryl methyl sites for hydroxylation is 2. The molecule has 1 aliphatic heterocycles. The topological polar surface area (TPSA) is 50.8 Å². The average Bonchev–Trinajstić information content (AvgIpc) is 2.70. The van der Waals surface area contributed by atoms with E-state index in [1.54, 1.807) is 12.1 Å². The molecule has 1 saturated heterocycles. The second-order valence-corrected chi connectivity index (χ2v) is 7.03. The van der Waals surface area contributed by atoms with Crippen LogP contribution in [0.2, 0.25) is 0 Å². The summed E-state index contributed by atoms with van der Waals surface area (Å²) in [4.78, 5) is 14.6. The first-order valence-corrected chi connectivity index (χ1v) is 9.57.